The van der Waals surface area contributed by atoms with Crippen molar-refractivity contribution in [3.05, 3.63) is 36.1 Å². The van der Waals surface area contributed by atoms with Gasteiger partial charge in [0.2, 0.25) is 0 Å². The largest absolute Gasteiger partial charge is 0.451 e. The van der Waals surface area contributed by atoms with Gasteiger partial charge in [0.05, 0.1) is 18.1 Å². The predicted octanol–water partition coefficient (Wildman–Crippen LogP) is 1.71. The molecule has 0 bridgehead atoms. The SMILES string of the molecule is COCCN(C(=O)c1cc2ccccc2o1)[C@@H]1CCS(=O)(=O)C1. The molecule has 2 aromatic rings. The van der Waals surface area contributed by atoms with E-state index >= 15 is 0 Å². The first-order valence-corrected chi connectivity index (χ1v) is 9.31. The lowest BCUT2D eigenvalue weighted by Gasteiger charge is -2.27. The van der Waals surface area contributed by atoms with Crippen molar-refractivity contribution in [2.24, 2.45) is 0 Å². The van der Waals surface area contributed by atoms with E-state index in [4.69, 9.17) is 9.15 Å². The molecular weight excluding hydrogens is 318 g/mol. The average Bonchev–Trinajstić information content (AvgIpc) is 3.10. The van der Waals surface area contributed by atoms with E-state index in [0.717, 1.165) is 5.39 Å². The van der Waals surface area contributed by atoms with Gasteiger partial charge in [-0.2, -0.15) is 0 Å². The standard InChI is InChI=1S/C16H19NO5S/c1-21-8-7-17(13-6-9-23(19,20)11-13)16(18)15-10-12-4-2-3-5-14(12)22-15/h2-5,10,13H,6-9,11H2,1H3/t13-/m1/s1. The number of carbonyl (C=O) groups excluding carboxylic acids is 1. The van der Waals surface area contributed by atoms with E-state index in [-0.39, 0.29) is 29.2 Å². The Kier molecular flexibility index (Phi) is 4.41. The minimum absolute atomic E-state index is 0.00266. The Labute approximate surface area is 134 Å². The number of amides is 1. The molecule has 1 aromatic carbocycles. The van der Waals surface area contributed by atoms with Gasteiger partial charge in [0.25, 0.3) is 5.91 Å². The second kappa shape index (κ2) is 6.33. The number of methoxy groups -OCH3 is 1. The third kappa shape index (κ3) is 3.40. The lowest BCUT2D eigenvalue weighted by molar-refractivity contribution is 0.0595. The Morgan fingerprint density at radius 2 is 2.17 bits per heavy atom. The minimum atomic E-state index is -3.07. The number of hydrogen-bond acceptors (Lipinski definition) is 5. The molecule has 0 N–H and O–H groups in total. The van der Waals surface area contributed by atoms with E-state index in [1.54, 1.807) is 24.1 Å². The number of nitrogens with zero attached hydrogens (tertiary/aromatic N) is 1. The first kappa shape index (κ1) is 16.0. The molecule has 124 valence electrons. The van der Waals surface area contributed by atoms with E-state index in [1.807, 2.05) is 18.2 Å². The molecule has 1 amide bonds. The number of ether oxygens (including phenoxy) is 1. The summed E-state index contributed by atoms with van der Waals surface area (Å²) in [5.41, 5.74) is 0.640. The molecular formula is C16H19NO5S. The maximum Gasteiger partial charge on any atom is 0.289 e. The molecule has 1 saturated heterocycles. The van der Waals surface area contributed by atoms with Crippen LogP contribution in [0.15, 0.2) is 34.7 Å². The van der Waals surface area contributed by atoms with Crippen molar-refractivity contribution >= 4 is 26.7 Å². The van der Waals surface area contributed by atoms with Gasteiger partial charge in [-0.05, 0) is 18.6 Å². The normalized spacial score (nSPS) is 20.0. The highest BCUT2D eigenvalue weighted by Gasteiger charge is 2.35. The molecule has 0 radical (unpaired) electrons. The maximum atomic E-state index is 12.8. The van der Waals surface area contributed by atoms with Crippen LogP contribution in [0.4, 0.5) is 0 Å². The van der Waals surface area contributed by atoms with Gasteiger partial charge in [0.15, 0.2) is 15.6 Å². The Balaban J connectivity index is 1.87. The summed E-state index contributed by atoms with van der Waals surface area (Å²) < 4.78 is 34.1. The van der Waals surface area contributed by atoms with Crippen molar-refractivity contribution in [1.82, 2.24) is 4.90 Å². The third-order valence-electron chi connectivity index (χ3n) is 4.08. The van der Waals surface area contributed by atoms with Crippen LogP contribution in [-0.4, -0.2) is 57.0 Å². The van der Waals surface area contributed by atoms with Crippen LogP contribution in [-0.2, 0) is 14.6 Å². The topological polar surface area (TPSA) is 76.8 Å². The lowest BCUT2D eigenvalue weighted by Crippen LogP contribution is -2.42. The van der Waals surface area contributed by atoms with Crippen LogP contribution in [0.3, 0.4) is 0 Å². The van der Waals surface area contributed by atoms with E-state index in [2.05, 4.69) is 0 Å². The molecule has 0 saturated carbocycles. The highest BCUT2D eigenvalue weighted by atomic mass is 32.2. The van der Waals surface area contributed by atoms with Gasteiger partial charge in [0.1, 0.15) is 5.58 Å². The predicted molar refractivity (Wildman–Crippen MR) is 86.2 cm³/mol. The smallest absolute Gasteiger partial charge is 0.289 e. The second-order valence-corrected chi connectivity index (χ2v) is 7.93. The Morgan fingerprint density at radius 3 is 2.83 bits per heavy atom. The van der Waals surface area contributed by atoms with Gasteiger partial charge in [-0.15, -0.1) is 0 Å². The summed E-state index contributed by atoms with van der Waals surface area (Å²) in [6.45, 7) is 0.690. The summed E-state index contributed by atoms with van der Waals surface area (Å²) in [7, 11) is -1.52. The maximum absolute atomic E-state index is 12.8. The highest BCUT2D eigenvalue weighted by Crippen LogP contribution is 2.24. The Hall–Kier alpha value is -1.86. The van der Waals surface area contributed by atoms with Gasteiger partial charge in [-0.3, -0.25) is 4.79 Å². The van der Waals surface area contributed by atoms with Crippen molar-refractivity contribution in [2.75, 3.05) is 31.8 Å². The van der Waals surface area contributed by atoms with Gasteiger partial charge >= 0.3 is 0 Å². The molecule has 6 nitrogen and oxygen atoms in total. The van der Waals surface area contributed by atoms with Crippen molar-refractivity contribution in [2.45, 2.75) is 12.5 Å². The van der Waals surface area contributed by atoms with Crippen LogP contribution in [0, 0.1) is 0 Å². The summed E-state index contributed by atoms with van der Waals surface area (Å²) in [6.07, 6.45) is 0.456. The van der Waals surface area contributed by atoms with Crippen molar-refractivity contribution in [3.8, 4) is 0 Å². The molecule has 1 aromatic heterocycles. The molecule has 1 aliphatic heterocycles. The fraction of sp³-hybridized carbons (Fsp3) is 0.438. The highest BCUT2D eigenvalue weighted by molar-refractivity contribution is 7.91. The zero-order chi connectivity index (χ0) is 16.4. The number of para-hydroxylation sites is 1. The summed E-state index contributed by atoms with van der Waals surface area (Å²) in [6, 6.07) is 8.75. The van der Waals surface area contributed by atoms with E-state index in [9.17, 15) is 13.2 Å². The van der Waals surface area contributed by atoms with Crippen LogP contribution >= 0.6 is 0 Å². The molecule has 1 atom stereocenters. The molecule has 3 rings (SSSR count). The van der Waals surface area contributed by atoms with Crippen LogP contribution in [0.25, 0.3) is 11.0 Å². The van der Waals surface area contributed by atoms with Gasteiger partial charge in [-0.25, -0.2) is 8.42 Å². The minimum Gasteiger partial charge on any atom is -0.451 e. The zero-order valence-corrected chi connectivity index (χ0v) is 13.7. The molecule has 0 unspecified atom stereocenters. The first-order valence-electron chi connectivity index (χ1n) is 7.49. The quantitative estimate of drug-likeness (QED) is 0.830. The monoisotopic (exact) mass is 337 g/mol. The molecule has 1 aliphatic rings. The number of hydrogen-bond donors (Lipinski definition) is 0. The van der Waals surface area contributed by atoms with Crippen LogP contribution < -0.4 is 0 Å². The molecule has 0 aliphatic carbocycles. The van der Waals surface area contributed by atoms with E-state index in [1.165, 1.54) is 0 Å². The number of fused-ring (bicyclic) bond motifs is 1. The molecule has 7 heteroatoms. The molecule has 0 spiro atoms. The summed E-state index contributed by atoms with van der Waals surface area (Å²) in [4.78, 5) is 14.4. The van der Waals surface area contributed by atoms with E-state index in [0.29, 0.717) is 25.2 Å². The van der Waals surface area contributed by atoms with Crippen molar-refractivity contribution in [3.63, 3.8) is 0 Å². The van der Waals surface area contributed by atoms with Crippen LogP contribution in [0.2, 0.25) is 0 Å². The fourth-order valence-corrected chi connectivity index (χ4v) is 4.62. The van der Waals surface area contributed by atoms with Gasteiger partial charge in [0, 0.05) is 25.1 Å². The molecule has 2 heterocycles. The second-order valence-electron chi connectivity index (χ2n) is 5.70. The first-order chi connectivity index (χ1) is 11.0. The van der Waals surface area contributed by atoms with Gasteiger partial charge in [-0.1, -0.05) is 18.2 Å². The fourth-order valence-electron chi connectivity index (χ4n) is 2.89. The van der Waals surface area contributed by atoms with Gasteiger partial charge < -0.3 is 14.1 Å². The summed E-state index contributed by atoms with van der Waals surface area (Å²) >= 11 is 0. The molecule has 23 heavy (non-hydrogen) atoms. The summed E-state index contributed by atoms with van der Waals surface area (Å²) in [5.74, 6) is 0.0593. The number of furan rings is 1. The third-order valence-corrected chi connectivity index (χ3v) is 5.83. The van der Waals surface area contributed by atoms with Crippen molar-refractivity contribution in [1.29, 1.82) is 0 Å². The average molecular weight is 337 g/mol. The Bertz CT molecular complexity index is 778. The van der Waals surface area contributed by atoms with Crippen LogP contribution in [0.1, 0.15) is 17.0 Å². The van der Waals surface area contributed by atoms with Crippen LogP contribution in [0.5, 0.6) is 0 Å². The number of sulfone groups is 1. The summed E-state index contributed by atoms with van der Waals surface area (Å²) in [5, 5.41) is 0.849. The molecule has 1 fully saturated rings. The Morgan fingerprint density at radius 1 is 1.39 bits per heavy atom. The lowest BCUT2D eigenvalue weighted by atomic mass is 10.2. The zero-order valence-electron chi connectivity index (χ0n) is 12.9. The van der Waals surface area contributed by atoms with E-state index < -0.39 is 9.84 Å². The number of carbonyl (C=O) groups is 1. The number of rotatable bonds is 5. The van der Waals surface area contributed by atoms with Crippen molar-refractivity contribution < 1.29 is 22.4 Å². The number of benzene rings is 1.